The van der Waals surface area contributed by atoms with Gasteiger partial charge in [0.15, 0.2) is 17.6 Å². The van der Waals surface area contributed by atoms with Crippen molar-refractivity contribution in [1.82, 2.24) is 5.32 Å². The second-order valence-electron chi connectivity index (χ2n) is 6.15. The molecule has 6 heteroatoms. The Morgan fingerprint density at radius 1 is 1.03 bits per heavy atom. The van der Waals surface area contributed by atoms with Crippen LogP contribution in [0.2, 0.25) is 0 Å². The molecule has 0 fully saturated rings. The molecule has 1 N–H and O–H groups in total. The molecular weight excluding hydrogens is 382 g/mol. The van der Waals surface area contributed by atoms with E-state index in [0.717, 1.165) is 5.56 Å². The smallest absolute Gasteiger partial charge is 0.252 e. The van der Waals surface area contributed by atoms with Crippen molar-refractivity contribution in [2.45, 2.75) is 12.5 Å². The molecule has 2 aromatic rings. The van der Waals surface area contributed by atoms with Gasteiger partial charge in [0.25, 0.3) is 5.91 Å². The molecule has 0 spiro atoms. The highest BCUT2D eigenvalue weighted by molar-refractivity contribution is 5.81. The molecule has 0 bridgehead atoms. The van der Waals surface area contributed by atoms with Crippen LogP contribution in [0.3, 0.4) is 0 Å². The lowest BCUT2D eigenvalue weighted by Gasteiger charge is -2.17. The van der Waals surface area contributed by atoms with Crippen molar-refractivity contribution < 1.29 is 23.7 Å². The van der Waals surface area contributed by atoms with Gasteiger partial charge in [-0.2, -0.15) is 0 Å². The summed E-state index contributed by atoms with van der Waals surface area (Å²) in [6, 6.07) is 14.7. The maximum Gasteiger partial charge on any atom is 0.252 e. The van der Waals surface area contributed by atoms with E-state index in [1.165, 1.54) is 0 Å². The van der Waals surface area contributed by atoms with Crippen LogP contribution in [-0.2, 0) is 16.0 Å². The van der Waals surface area contributed by atoms with E-state index in [-0.39, 0.29) is 25.7 Å². The zero-order valence-corrected chi connectivity index (χ0v) is 16.9. The number of carbonyl (C=O) groups excluding carboxylic acids is 1. The molecule has 2 rings (SSSR count). The minimum atomic E-state index is -0.810. The number of amides is 1. The first kappa shape index (κ1) is 22.7. The molecule has 0 radical (unpaired) electrons. The van der Waals surface area contributed by atoms with E-state index >= 15 is 0 Å². The number of methoxy groups -OCH3 is 1. The molecule has 1 amide bonds. The van der Waals surface area contributed by atoms with Crippen LogP contribution in [0.5, 0.6) is 17.2 Å². The molecule has 1 atom stereocenters. The number of para-hydroxylation sites is 1. The number of ether oxygens (including phenoxy) is 4. The average molecular weight is 407 g/mol. The largest absolute Gasteiger partial charge is 0.493 e. The second kappa shape index (κ2) is 12.8. The number of nitrogens with one attached hydrogen (secondary N) is 1. The summed E-state index contributed by atoms with van der Waals surface area (Å²) in [6.45, 7) is 0.656. The van der Waals surface area contributed by atoms with Crippen molar-refractivity contribution in [2.75, 3.05) is 33.5 Å². The number of rotatable bonds is 12. The number of hydrogen-bond acceptors (Lipinski definition) is 5. The number of hydrogen-bond donors (Lipinski definition) is 1. The Morgan fingerprint density at radius 3 is 2.50 bits per heavy atom. The normalized spacial score (nSPS) is 10.9. The molecular formula is C24H25NO5. The first-order valence-corrected chi connectivity index (χ1v) is 9.41. The number of carbonyl (C=O) groups is 1. The molecule has 2 aromatic carbocycles. The third kappa shape index (κ3) is 7.43. The monoisotopic (exact) mass is 407 g/mol. The van der Waals surface area contributed by atoms with Crippen LogP contribution in [0.25, 0.3) is 0 Å². The van der Waals surface area contributed by atoms with Crippen LogP contribution in [0, 0.1) is 24.7 Å². The van der Waals surface area contributed by atoms with Gasteiger partial charge in [0, 0.05) is 6.54 Å². The first-order chi connectivity index (χ1) is 14.7. The van der Waals surface area contributed by atoms with Crippen LogP contribution >= 0.6 is 0 Å². The fourth-order valence-corrected chi connectivity index (χ4v) is 2.59. The van der Waals surface area contributed by atoms with Crippen molar-refractivity contribution in [2.24, 2.45) is 0 Å². The van der Waals surface area contributed by atoms with Gasteiger partial charge in [-0.15, -0.1) is 12.8 Å². The molecule has 30 heavy (non-hydrogen) atoms. The van der Waals surface area contributed by atoms with Gasteiger partial charge in [0.05, 0.1) is 7.11 Å². The maximum absolute atomic E-state index is 12.5. The van der Waals surface area contributed by atoms with Crippen LogP contribution < -0.4 is 19.5 Å². The fraction of sp³-hybridized carbons (Fsp3) is 0.292. The highest BCUT2D eigenvalue weighted by atomic mass is 16.5. The van der Waals surface area contributed by atoms with E-state index in [4.69, 9.17) is 31.8 Å². The van der Waals surface area contributed by atoms with E-state index in [1.54, 1.807) is 25.3 Å². The molecule has 0 saturated carbocycles. The lowest BCUT2D eigenvalue weighted by atomic mass is 10.1. The zero-order valence-electron chi connectivity index (χ0n) is 16.9. The van der Waals surface area contributed by atoms with Crippen molar-refractivity contribution in [3.8, 4) is 41.9 Å². The highest BCUT2D eigenvalue weighted by Gasteiger charge is 2.19. The summed E-state index contributed by atoms with van der Waals surface area (Å²) in [4.78, 5) is 12.5. The molecule has 0 aliphatic rings. The summed E-state index contributed by atoms with van der Waals surface area (Å²) in [6.07, 6.45) is 10.3. The van der Waals surface area contributed by atoms with Crippen LogP contribution in [-0.4, -0.2) is 45.5 Å². The van der Waals surface area contributed by atoms with Crippen molar-refractivity contribution in [1.29, 1.82) is 0 Å². The summed E-state index contributed by atoms with van der Waals surface area (Å²) in [5, 5.41) is 2.85. The van der Waals surface area contributed by atoms with Gasteiger partial charge in [-0.1, -0.05) is 36.1 Å². The van der Waals surface area contributed by atoms with E-state index in [0.29, 0.717) is 30.2 Å². The van der Waals surface area contributed by atoms with Gasteiger partial charge in [-0.3, -0.25) is 4.79 Å². The van der Waals surface area contributed by atoms with Gasteiger partial charge in [-0.05, 0) is 36.2 Å². The Morgan fingerprint density at radius 2 is 1.80 bits per heavy atom. The standard InChI is InChI=1S/C24H25NO5/c1-4-15-28-21-12-11-19(17-22(21)27-3)13-14-25-24(26)23(29-16-5-2)18-30-20-9-7-6-8-10-20/h1-2,6-12,17,23H,13-16,18H2,3H3,(H,25,26). The van der Waals surface area contributed by atoms with Crippen molar-refractivity contribution >= 4 is 5.91 Å². The van der Waals surface area contributed by atoms with E-state index in [2.05, 4.69) is 17.2 Å². The number of terminal acetylenes is 2. The quantitative estimate of drug-likeness (QED) is 0.548. The third-order valence-electron chi connectivity index (χ3n) is 4.06. The molecule has 156 valence electrons. The summed E-state index contributed by atoms with van der Waals surface area (Å²) in [7, 11) is 1.56. The van der Waals surface area contributed by atoms with Crippen molar-refractivity contribution in [3.05, 3.63) is 54.1 Å². The molecule has 0 aliphatic heterocycles. The predicted octanol–water partition coefficient (Wildman–Crippen LogP) is 2.46. The van der Waals surface area contributed by atoms with Gasteiger partial charge in [0.1, 0.15) is 25.6 Å². The average Bonchev–Trinajstić information content (AvgIpc) is 2.78. The van der Waals surface area contributed by atoms with E-state index < -0.39 is 6.10 Å². The summed E-state index contributed by atoms with van der Waals surface area (Å²) in [5.74, 6) is 6.30. The Labute approximate surface area is 177 Å². The Balaban J connectivity index is 1.88. The molecule has 0 aromatic heterocycles. The predicted molar refractivity (Wildman–Crippen MR) is 115 cm³/mol. The topological polar surface area (TPSA) is 66.0 Å². The Bertz CT molecular complexity index is 883. The zero-order chi connectivity index (χ0) is 21.6. The highest BCUT2D eigenvalue weighted by Crippen LogP contribution is 2.28. The molecule has 0 saturated heterocycles. The Hall–Kier alpha value is -3.61. The number of benzene rings is 2. The van der Waals surface area contributed by atoms with Gasteiger partial charge in [-0.25, -0.2) is 0 Å². The lowest BCUT2D eigenvalue weighted by molar-refractivity contribution is -0.133. The minimum absolute atomic E-state index is 0.0204. The van der Waals surface area contributed by atoms with Crippen molar-refractivity contribution in [3.63, 3.8) is 0 Å². The molecule has 1 unspecified atom stereocenters. The lowest BCUT2D eigenvalue weighted by Crippen LogP contribution is -2.41. The van der Waals surface area contributed by atoms with Crippen LogP contribution in [0.4, 0.5) is 0 Å². The van der Waals surface area contributed by atoms with Gasteiger partial charge < -0.3 is 24.3 Å². The summed E-state index contributed by atoms with van der Waals surface area (Å²) in [5.41, 5.74) is 0.974. The van der Waals surface area contributed by atoms with Crippen LogP contribution in [0.15, 0.2) is 48.5 Å². The molecule has 0 aliphatic carbocycles. The SMILES string of the molecule is C#CCOc1ccc(CCNC(=O)C(COc2ccccc2)OCC#C)cc1OC. The van der Waals surface area contributed by atoms with Gasteiger partial charge >= 0.3 is 0 Å². The maximum atomic E-state index is 12.5. The molecule has 6 nitrogen and oxygen atoms in total. The minimum Gasteiger partial charge on any atom is -0.493 e. The van der Waals surface area contributed by atoms with E-state index in [9.17, 15) is 4.79 Å². The van der Waals surface area contributed by atoms with Crippen LogP contribution in [0.1, 0.15) is 5.56 Å². The Kier molecular flexibility index (Phi) is 9.65. The third-order valence-corrected chi connectivity index (χ3v) is 4.06. The van der Waals surface area contributed by atoms with E-state index in [1.807, 2.05) is 30.3 Å². The summed E-state index contributed by atoms with van der Waals surface area (Å²) < 4.78 is 21.8. The molecule has 0 heterocycles. The second-order valence-corrected chi connectivity index (χ2v) is 6.15. The first-order valence-electron chi connectivity index (χ1n) is 9.41. The summed E-state index contributed by atoms with van der Waals surface area (Å²) >= 11 is 0. The fourth-order valence-electron chi connectivity index (χ4n) is 2.59. The van der Waals surface area contributed by atoms with Gasteiger partial charge in [0.2, 0.25) is 0 Å².